The lowest BCUT2D eigenvalue weighted by Gasteiger charge is -2.15. The fraction of sp³-hybridized carbons (Fsp3) is 0.538. The summed E-state index contributed by atoms with van der Waals surface area (Å²) in [5.74, 6) is 0.866. The lowest BCUT2D eigenvalue weighted by Crippen LogP contribution is -2.32. The maximum absolute atomic E-state index is 9.06. The SMILES string of the molecule is CCOc1ccc(CNC(CO)CCO)cc1. The minimum absolute atomic E-state index is 0.0393. The summed E-state index contributed by atoms with van der Waals surface area (Å²) >= 11 is 0. The number of aliphatic hydroxyl groups excluding tert-OH is 2. The molecule has 0 aliphatic rings. The highest BCUT2D eigenvalue weighted by Gasteiger charge is 2.05. The average Bonchev–Trinajstić information content (AvgIpc) is 2.36. The Morgan fingerprint density at radius 2 is 1.94 bits per heavy atom. The van der Waals surface area contributed by atoms with Crippen molar-refractivity contribution in [2.24, 2.45) is 0 Å². The minimum atomic E-state index is -0.0495. The standard InChI is InChI=1S/C13H21NO3/c1-2-17-13-5-3-11(4-6-13)9-14-12(10-16)7-8-15/h3-6,12,14-16H,2,7-10H2,1H3. The summed E-state index contributed by atoms with van der Waals surface area (Å²) in [6.45, 7) is 3.42. The third kappa shape index (κ3) is 5.17. The van der Waals surface area contributed by atoms with Crippen molar-refractivity contribution < 1.29 is 14.9 Å². The zero-order chi connectivity index (χ0) is 12.5. The van der Waals surface area contributed by atoms with Gasteiger partial charge in [-0.05, 0) is 31.0 Å². The van der Waals surface area contributed by atoms with Gasteiger partial charge < -0.3 is 20.3 Å². The van der Waals surface area contributed by atoms with Crippen molar-refractivity contribution in [3.05, 3.63) is 29.8 Å². The van der Waals surface area contributed by atoms with E-state index in [-0.39, 0.29) is 19.3 Å². The monoisotopic (exact) mass is 239 g/mol. The highest BCUT2D eigenvalue weighted by atomic mass is 16.5. The molecule has 3 N–H and O–H groups in total. The van der Waals surface area contributed by atoms with Crippen molar-refractivity contribution >= 4 is 0 Å². The van der Waals surface area contributed by atoms with Gasteiger partial charge in [-0.1, -0.05) is 12.1 Å². The molecule has 0 aliphatic heterocycles. The molecule has 0 radical (unpaired) electrons. The zero-order valence-electron chi connectivity index (χ0n) is 10.2. The van der Waals surface area contributed by atoms with Gasteiger partial charge >= 0.3 is 0 Å². The minimum Gasteiger partial charge on any atom is -0.494 e. The van der Waals surface area contributed by atoms with E-state index in [1.54, 1.807) is 0 Å². The van der Waals surface area contributed by atoms with E-state index in [2.05, 4.69) is 5.32 Å². The van der Waals surface area contributed by atoms with E-state index in [0.29, 0.717) is 19.6 Å². The molecule has 0 fully saturated rings. The third-order valence-corrected chi connectivity index (χ3v) is 2.53. The quantitative estimate of drug-likeness (QED) is 0.631. The maximum atomic E-state index is 9.06. The summed E-state index contributed by atoms with van der Waals surface area (Å²) in [4.78, 5) is 0. The van der Waals surface area contributed by atoms with Gasteiger partial charge in [0.05, 0.1) is 13.2 Å². The predicted molar refractivity (Wildman–Crippen MR) is 67.0 cm³/mol. The molecule has 0 aromatic heterocycles. The van der Waals surface area contributed by atoms with Crippen LogP contribution in [0.15, 0.2) is 24.3 Å². The van der Waals surface area contributed by atoms with E-state index >= 15 is 0 Å². The first kappa shape index (κ1) is 14.0. The molecule has 0 bridgehead atoms. The summed E-state index contributed by atoms with van der Waals surface area (Å²) in [6, 6.07) is 7.80. The van der Waals surface area contributed by atoms with Gasteiger partial charge in [0.15, 0.2) is 0 Å². The predicted octanol–water partition coefficient (Wildman–Crippen LogP) is 0.918. The summed E-state index contributed by atoms with van der Waals surface area (Å²) in [5.41, 5.74) is 1.13. The van der Waals surface area contributed by atoms with Crippen LogP contribution in [0.4, 0.5) is 0 Å². The number of hydrogen-bond acceptors (Lipinski definition) is 4. The number of ether oxygens (including phenoxy) is 1. The highest BCUT2D eigenvalue weighted by molar-refractivity contribution is 5.27. The van der Waals surface area contributed by atoms with Gasteiger partial charge in [-0.25, -0.2) is 0 Å². The van der Waals surface area contributed by atoms with Gasteiger partial charge in [-0.3, -0.25) is 0 Å². The van der Waals surface area contributed by atoms with Gasteiger partial charge in [-0.15, -0.1) is 0 Å². The first-order valence-corrected chi connectivity index (χ1v) is 5.97. The van der Waals surface area contributed by atoms with Crippen molar-refractivity contribution in [2.75, 3.05) is 19.8 Å². The molecule has 1 rings (SSSR count). The second-order valence-corrected chi connectivity index (χ2v) is 3.85. The Labute approximate surface area is 102 Å². The molecule has 0 heterocycles. The Bertz CT molecular complexity index is 300. The molecule has 1 unspecified atom stereocenters. The van der Waals surface area contributed by atoms with Crippen molar-refractivity contribution in [1.82, 2.24) is 5.32 Å². The first-order valence-electron chi connectivity index (χ1n) is 5.97. The molecule has 1 atom stereocenters. The van der Waals surface area contributed by atoms with E-state index in [9.17, 15) is 0 Å². The van der Waals surface area contributed by atoms with Gasteiger partial charge in [0.25, 0.3) is 0 Å². The summed E-state index contributed by atoms with van der Waals surface area (Å²) < 4.78 is 5.35. The average molecular weight is 239 g/mol. The molecule has 0 amide bonds. The van der Waals surface area contributed by atoms with Crippen LogP contribution in [0, 0.1) is 0 Å². The lowest BCUT2D eigenvalue weighted by molar-refractivity contribution is 0.200. The number of aliphatic hydroxyl groups is 2. The van der Waals surface area contributed by atoms with Crippen LogP contribution in [0.2, 0.25) is 0 Å². The number of rotatable bonds is 8. The van der Waals surface area contributed by atoms with Crippen LogP contribution in [-0.4, -0.2) is 36.1 Å². The van der Waals surface area contributed by atoms with E-state index in [0.717, 1.165) is 11.3 Å². The number of nitrogens with one attached hydrogen (secondary N) is 1. The van der Waals surface area contributed by atoms with Crippen LogP contribution in [0.1, 0.15) is 18.9 Å². The number of hydrogen-bond donors (Lipinski definition) is 3. The molecule has 96 valence electrons. The van der Waals surface area contributed by atoms with E-state index in [4.69, 9.17) is 14.9 Å². The van der Waals surface area contributed by atoms with Crippen LogP contribution in [-0.2, 0) is 6.54 Å². The van der Waals surface area contributed by atoms with Crippen LogP contribution in [0.3, 0.4) is 0 Å². The van der Waals surface area contributed by atoms with Crippen LogP contribution in [0.5, 0.6) is 5.75 Å². The van der Waals surface area contributed by atoms with Gasteiger partial charge in [-0.2, -0.15) is 0 Å². The normalized spacial score (nSPS) is 12.4. The lowest BCUT2D eigenvalue weighted by atomic mass is 10.2. The van der Waals surface area contributed by atoms with Crippen molar-refractivity contribution in [3.63, 3.8) is 0 Å². The summed E-state index contributed by atoms with van der Waals surface area (Å²) in [6.07, 6.45) is 0.563. The first-order chi connectivity index (χ1) is 8.30. The summed E-state index contributed by atoms with van der Waals surface area (Å²) in [7, 11) is 0. The van der Waals surface area contributed by atoms with E-state index in [1.807, 2.05) is 31.2 Å². The number of benzene rings is 1. The summed E-state index contributed by atoms with van der Waals surface area (Å²) in [5, 5.41) is 21.0. The molecule has 4 heteroatoms. The van der Waals surface area contributed by atoms with Crippen molar-refractivity contribution in [1.29, 1.82) is 0 Å². The Hall–Kier alpha value is -1.10. The molecule has 0 spiro atoms. The maximum Gasteiger partial charge on any atom is 0.119 e. The second-order valence-electron chi connectivity index (χ2n) is 3.85. The fourth-order valence-electron chi connectivity index (χ4n) is 1.55. The molecule has 4 nitrogen and oxygen atoms in total. The molecular formula is C13H21NO3. The second kappa shape index (κ2) is 8.06. The van der Waals surface area contributed by atoms with Crippen LogP contribution >= 0.6 is 0 Å². The Morgan fingerprint density at radius 3 is 2.47 bits per heavy atom. The molecule has 0 aliphatic carbocycles. The van der Waals surface area contributed by atoms with Gasteiger partial charge in [0, 0.05) is 19.2 Å². The van der Waals surface area contributed by atoms with Crippen molar-refractivity contribution in [2.45, 2.75) is 25.9 Å². The third-order valence-electron chi connectivity index (χ3n) is 2.53. The molecule has 17 heavy (non-hydrogen) atoms. The van der Waals surface area contributed by atoms with Crippen molar-refractivity contribution in [3.8, 4) is 5.75 Å². The molecular weight excluding hydrogens is 218 g/mol. The Balaban J connectivity index is 2.40. The van der Waals surface area contributed by atoms with E-state index < -0.39 is 0 Å². The topological polar surface area (TPSA) is 61.7 Å². The Morgan fingerprint density at radius 1 is 1.24 bits per heavy atom. The fourth-order valence-corrected chi connectivity index (χ4v) is 1.55. The highest BCUT2D eigenvalue weighted by Crippen LogP contribution is 2.12. The molecule has 0 saturated carbocycles. The van der Waals surface area contributed by atoms with Gasteiger partial charge in [0.1, 0.15) is 5.75 Å². The zero-order valence-corrected chi connectivity index (χ0v) is 10.2. The molecule has 1 aromatic rings. The molecule has 1 aromatic carbocycles. The van der Waals surface area contributed by atoms with Crippen LogP contribution < -0.4 is 10.1 Å². The van der Waals surface area contributed by atoms with Crippen LogP contribution in [0.25, 0.3) is 0 Å². The Kier molecular flexibility index (Phi) is 6.62. The molecule has 0 saturated heterocycles. The smallest absolute Gasteiger partial charge is 0.119 e. The van der Waals surface area contributed by atoms with Gasteiger partial charge in [0.2, 0.25) is 0 Å². The largest absolute Gasteiger partial charge is 0.494 e. The van der Waals surface area contributed by atoms with E-state index in [1.165, 1.54) is 0 Å².